The van der Waals surface area contributed by atoms with Gasteiger partial charge in [-0.05, 0) is 43.5 Å². The zero-order valence-electron chi connectivity index (χ0n) is 12.2. The summed E-state index contributed by atoms with van der Waals surface area (Å²) in [5, 5.41) is 3.46. The molecule has 1 aromatic carbocycles. The molecule has 0 aromatic heterocycles. The van der Waals surface area contributed by atoms with Crippen LogP contribution in [0.15, 0.2) is 24.3 Å². The molecule has 0 fully saturated rings. The molecule has 2 nitrogen and oxygen atoms in total. The Morgan fingerprint density at radius 2 is 1.72 bits per heavy atom. The molecule has 0 atom stereocenters. The van der Waals surface area contributed by atoms with E-state index < -0.39 is 0 Å². The summed E-state index contributed by atoms with van der Waals surface area (Å²) in [6, 6.07) is 8.95. The van der Waals surface area contributed by atoms with Crippen molar-refractivity contribution < 1.29 is 0 Å². The van der Waals surface area contributed by atoms with Gasteiger partial charge in [0.05, 0.1) is 0 Å². The molecule has 0 aliphatic carbocycles. The van der Waals surface area contributed by atoms with E-state index in [2.05, 4.69) is 55.3 Å². The Hall–Kier alpha value is -1.02. The maximum absolute atomic E-state index is 3.46. The lowest BCUT2D eigenvalue weighted by Crippen LogP contribution is -2.25. The van der Waals surface area contributed by atoms with Gasteiger partial charge in [0.15, 0.2) is 0 Å². The highest BCUT2D eigenvalue weighted by Crippen LogP contribution is 2.17. The molecule has 0 bridgehead atoms. The first-order valence-electron chi connectivity index (χ1n) is 7.36. The number of rotatable bonds is 9. The summed E-state index contributed by atoms with van der Waals surface area (Å²) in [5.74, 6) is 0. The average Bonchev–Trinajstić information content (AvgIpc) is 2.39. The minimum Gasteiger partial charge on any atom is -0.372 e. The Kier molecular flexibility index (Phi) is 7.51. The normalized spacial score (nSPS) is 10.6. The number of benzene rings is 1. The quantitative estimate of drug-likeness (QED) is 0.668. The van der Waals surface area contributed by atoms with Crippen LogP contribution in [0.1, 0.15) is 45.6 Å². The topological polar surface area (TPSA) is 15.3 Å². The van der Waals surface area contributed by atoms with Gasteiger partial charge in [0.1, 0.15) is 0 Å². The predicted molar refractivity (Wildman–Crippen MR) is 81.2 cm³/mol. The van der Waals surface area contributed by atoms with Gasteiger partial charge < -0.3 is 10.2 Å². The van der Waals surface area contributed by atoms with E-state index in [0.29, 0.717) is 0 Å². The molecular weight excluding hydrogens is 220 g/mol. The second-order valence-corrected chi connectivity index (χ2v) is 4.83. The molecular formula is C16H28N2. The van der Waals surface area contributed by atoms with Crippen molar-refractivity contribution >= 4 is 5.69 Å². The molecule has 18 heavy (non-hydrogen) atoms. The third-order valence-electron chi connectivity index (χ3n) is 3.02. The Morgan fingerprint density at radius 3 is 2.33 bits per heavy atom. The first-order valence-corrected chi connectivity index (χ1v) is 7.36. The molecule has 0 aliphatic rings. The predicted octanol–water partition coefficient (Wildman–Crippen LogP) is 3.81. The van der Waals surface area contributed by atoms with Gasteiger partial charge in [-0.3, -0.25) is 0 Å². The molecule has 1 aromatic rings. The molecule has 1 rings (SSSR count). The maximum Gasteiger partial charge on any atom is 0.0369 e. The van der Waals surface area contributed by atoms with Crippen LogP contribution < -0.4 is 10.2 Å². The van der Waals surface area contributed by atoms with Crippen molar-refractivity contribution in [3.63, 3.8) is 0 Å². The standard InChI is InChI=1S/C16H28N2/c1-4-10-17-14-15-8-7-9-16(13-15)18(11-5-2)12-6-3/h7-9,13,17H,4-6,10-12,14H2,1-3H3. The van der Waals surface area contributed by atoms with E-state index in [1.165, 1.54) is 30.5 Å². The van der Waals surface area contributed by atoms with Crippen LogP contribution in [0, 0.1) is 0 Å². The van der Waals surface area contributed by atoms with Crippen LogP contribution in [-0.4, -0.2) is 19.6 Å². The van der Waals surface area contributed by atoms with E-state index in [4.69, 9.17) is 0 Å². The third kappa shape index (κ3) is 5.09. The largest absolute Gasteiger partial charge is 0.372 e. The minimum absolute atomic E-state index is 0.980. The van der Waals surface area contributed by atoms with Gasteiger partial charge in [-0.1, -0.05) is 32.9 Å². The molecule has 2 heteroatoms. The summed E-state index contributed by atoms with van der Waals surface area (Å²) in [6.07, 6.45) is 3.61. The zero-order chi connectivity index (χ0) is 13.2. The maximum atomic E-state index is 3.46. The van der Waals surface area contributed by atoms with Crippen LogP contribution in [0.5, 0.6) is 0 Å². The SMILES string of the molecule is CCCNCc1cccc(N(CCC)CCC)c1. The van der Waals surface area contributed by atoms with Gasteiger partial charge in [-0.25, -0.2) is 0 Å². The Balaban J connectivity index is 2.65. The molecule has 0 unspecified atom stereocenters. The molecule has 0 saturated heterocycles. The highest BCUT2D eigenvalue weighted by atomic mass is 15.1. The van der Waals surface area contributed by atoms with Crippen LogP contribution >= 0.6 is 0 Å². The lowest BCUT2D eigenvalue weighted by molar-refractivity contribution is 0.674. The van der Waals surface area contributed by atoms with Crippen molar-refractivity contribution in [2.75, 3.05) is 24.5 Å². The second kappa shape index (κ2) is 8.98. The molecule has 102 valence electrons. The fourth-order valence-corrected chi connectivity index (χ4v) is 2.18. The number of hydrogen-bond acceptors (Lipinski definition) is 2. The summed E-state index contributed by atoms with van der Waals surface area (Å²) in [4.78, 5) is 2.49. The first kappa shape index (κ1) is 15.0. The van der Waals surface area contributed by atoms with E-state index in [1.807, 2.05) is 0 Å². The van der Waals surface area contributed by atoms with Crippen LogP contribution in [0.3, 0.4) is 0 Å². The molecule has 0 heterocycles. The molecule has 0 spiro atoms. The number of hydrogen-bond donors (Lipinski definition) is 1. The smallest absolute Gasteiger partial charge is 0.0369 e. The highest BCUT2D eigenvalue weighted by Gasteiger charge is 2.04. The summed E-state index contributed by atoms with van der Waals surface area (Å²) in [5.41, 5.74) is 2.76. The average molecular weight is 248 g/mol. The number of nitrogens with one attached hydrogen (secondary N) is 1. The van der Waals surface area contributed by atoms with E-state index in [1.54, 1.807) is 0 Å². The van der Waals surface area contributed by atoms with Crippen molar-refractivity contribution in [2.45, 2.75) is 46.6 Å². The van der Waals surface area contributed by atoms with E-state index >= 15 is 0 Å². The minimum atomic E-state index is 0.980. The summed E-state index contributed by atoms with van der Waals surface area (Å²) in [6.45, 7) is 11.1. The van der Waals surface area contributed by atoms with E-state index in [-0.39, 0.29) is 0 Å². The second-order valence-electron chi connectivity index (χ2n) is 4.83. The van der Waals surface area contributed by atoms with Crippen molar-refractivity contribution in [3.8, 4) is 0 Å². The third-order valence-corrected chi connectivity index (χ3v) is 3.02. The lowest BCUT2D eigenvalue weighted by Gasteiger charge is -2.24. The van der Waals surface area contributed by atoms with Gasteiger partial charge in [0.2, 0.25) is 0 Å². The molecule has 0 saturated carbocycles. The van der Waals surface area contributed by atoms with Crippen LogP contribution in [0.4, 0.5) is 5.69 Å². The van der Waals surface area contributed by atoms with Crippen molar-refractivity contribution in [1.29, 1.82) is 0 Å². The molecule has 0 radical (unpaired) electrons. The molecule has 0 amide bonds. The van der Waals surface area contributed by atoms with Crippen molar-refractivity contribution in [3.05, 3.63) is 29.8 Å². The highest BCUT2D eigenvalue weighted by molar-refractivity contribution is 5.48. The van der Waals surface area contributed by atoms with E-state index in [9.17, 15) is 0 Å². The van der Waals surface area contributed by atoms with Gasteiger partial charge >= 0.3 is 0 Å². The van der Waals surface area contributed by atoms with Crippen LogP contribution in [-0.2, 0) is 6.54 Å². The summed E-state index contributed by atoms with van der Waals surface area (Å²) < 4.78 is 0. The van der Waals surface area contributed by atoms with Crippen LogP contribution in [0.2, 0.25) is 0 Å². The van der Waals surface area contributed by atoms with Gasteiger partial charge in [0.25, 0.3) is 0 Å². The summed E-state index contributed by atoms with van der Waals surface area (Å²) >= 11 is 0. The van der Waals surface area contributed by atoms with Gasteiger partial charge in [0, 0.05) is 25.3 Å². The first-order chi connectivity index (χ1) is 8.81. The van der Waals surface area contributed by atoms with Gasteiger partial charge in [-0.2, -0.15) is 0 Å². The zero-order valence-corrected chi connectivity index (χ0v) is 12.2. The summed E-state index contributed by atoms with van der Waals surface area (Å²) in [7, 11) is 0. The lowest BCUT2D eigenvalue weighted by atomic mass is 10.1. The number of anilines is 1. The Morgan fingerprint density at radius 1 is 1.00 bits per heavy atom. The Labute approximate surface area is 112 Å². The van der Waals surface area contributed by atoms with E-state index in [0.717, 1.165) is 26.2 Å². The fourth-order valence-electron chi connectivity index (χ4n) is 2.18. The molecule has 0 aliphatic heterocycles. The monoisotopic (exact) mass is 248 g/mol. The fraction of sp³-hybridized carbons (Fsp3) is 0.625. The van der Waals surface area contributed by atoms with Gasteiger partial charge in [-0.15, -0.1) is 0 Å². The Bertz CT molecular complexity index is 317. The van der Waals surface area contributed by atoms with Crippen LogP contribution in [0.25, 0.3) is 0 Å². The van der Waals surface area contributed by atoms with Crippen molar-refractivity contribution in [1.82, 2.24) is 5.32 Å². The number of nitrogens with zero attached hydrogens (tertiary/aromatic N) is 1. The van der Waals surface area contributed by atoms with Crippen molar-refractivity contribution in [2.24, 2.45) is 0 Å². The molecule has 1 N–H and O–H groups in total.